The lowest BCUT2D eigenvalue weighted by Crippen LogP contribution is -2.33. The minimum Gasteiger partial charge on any atom is -0.395 e. The Morgan fingerprint density at radius 1 is 1.45 bits per heavy atom. The number of aliphatic hydroxyl groups is 1. The van der Waals surface area contributed by atoms with E-state index in [9.17, 15) is 13.2 Å². The van der Waals surface area contributed by atoms with Gasteiger partial charge in [-0.2, -0.15) is 0 Å². The number of nitrogens with zero attached hydrogens (tertiary/aromatic N) is 1. The Bertz CT molecular complexity index is 618. The van der Waals surface area contributed by atoms with Crippen LogP contribution < -0.4 is 0 Å². The number of aliphatic hydroxyl groups excluding tert-OH is 1. The number of hydrogen-bond acceptors (Lipinski definition) is 4. The molecule has 0 atom stereocenters. The van der Waals surface area contributed by atoms with Gasteiger partial charge >= 0.3 is 0 Å². The number of halogens is 2. The molecule has 0 saturated carbocycles. The van der Waals surface area contributed by atoms with Gasteiger partial charge in [0.2, 0.25) is 0 Å². The minimum absolute atomic E-state index is 0.125. The number of benzene rings is 1. The molecule has 1 rings (SSSR count). The number of hydrogen-bond donors (Lipinski definition) is 1. The first-order valence-corrected chi connectivity index (χ1v) is 8.66. The molecule has 1 aromatic rings. The van der Waals surface area contributed by atoms with E-state index in [0.29, 0.717) is 4.47 Å². The standard InChI is InChI=1S/C12H13BrClNO4S/c1-2-3-15(4-5-16)12(17)9-6-10(13)8-11(7-9)20(14,18)19/h2,6-8,16H,1,3-5H2. The fourth-order valence-corrected chi connectivity index (χ4v) is 3.01. The fourth-order valence-electron chi connectivity index (χ4n) is 1.56. The molecule has 0 heterocycles. The molecule has 0 unspecified atom stereocenters. The molecule has 110 valence electrons. The molecule has 0 aliphatic carbocycles. The smallest absolute Gasteiger partial charge is 0.261 e. The van der Waals surface area contributed by atoms with Crippen molar-refractivity contribution >= 4 is 41.6 Å². The topological polar surface area (TPSA) is 74.7 Å². The van der Waals surface area contributed by atoms with E-state index < -0.39 is 15.0 Å². The second-order valence-electron chi connectivity index (χ2n) is 3.88. The second-order valence-corrected chi connectivity index (χ2v) is 7.36. The van der Waals surface area contributed by atoms with Crippen molar-refractivity contribution in [1.29, 1.82) is 0 Å². The van der Waals surface area contributed by atoms with Crippen molar-refractivity contribution in [1.82, 2.24) is 4.90 Å². The van der Waals surface area contributed by atoms with E-state index in [2.05, 4.69) is 22.5 Å². The van der Waals surface area contributed by atoms with E-state index in [1.54, 1.807) is 0 Å². The molecule has 0 aromatic heterocycles. The number of rotatable bonds is 6. The molecule has 5 nitrogen and oxygen atoms in total. The van der Waals surface area contributed by atoms with Gasteiger partial charge in [0.1, 0.15) is 0 Å². The van der Waals surface area contributed by atoms with E-state index in [0.717, 1.165) is 0 Å². The van der Waals surface area contributed by atoms with Crippen LogP contribution in [0.25, 0.3) is 0 Å². The van der Waals surface area contributed by atoms with Gasteiger partial charge in [-0.1, -0.05) is 22.0 Å². The Hall–Kier alpha value is -0.890. The van der Waals surface area contributed by atoms with Gasteiger partial charge in [0.15, 0.2) is 0 Å². The quantitative estimate of drug-likeness (QED) is 0.603. The van der Waals surface area contributed by atoms with Gasteiger partial charge in [0.05, 0.1) is 11.5 Å². The van der Waals surface area contributed by atoms with Crippen LogP contribution in [0.4, 0.5) is 0 Å². The van der Waals surface area contributed by atoms with E-state index in [1.807, 2.05) is 0 Å². The van der Waals surface area contributed by atoms with Crippen molar-refractivity contribution in [2.75, 3.05) is 19.7 Å². The van der Waals surface area contributed by atoms with E-state index in [-0.39, 0.29) is 30.2 Å². The van der Waals surface area contributed by atoms with Crippen molar-refractivity contribution < 1.29 is 18.3 Å². The number of amides is 1. The first-order valence-electron chi connectivity index (χ1n) is 5.56. The van der Waals surface area contributed by atoms with Crippen molar-refractivity contribution in [2.45, 2.75) is 4.90 Å². The van der Waals surface area contributed by atoms with Crippen LogP contribution in [0.3, 0.4) is 0 Å². The molecule has 0 aliphatic rings. The van der Waals surface area contributed by atoms with Crippen LogP contribution in [-0.2, 0) is 9.05 Å². The fraction of sp³-hybridized carbons (Fsp3) is 0.250. The summed E-state index contributed by atoms with van der Waals surface area (Å²) in [6.45, 7) is 3.70. The summed E-state index contributed by atoms with van der Waals surface area (Å²) in [5, 5.41) is 8.94. The molecule has 0 aliphatic heterocycles. The highest BCUT2D eigenvalue weighted by atomic mass is 79.9. The molecule has 0 saturated heterocycles. The van der Waals surface area contributed by atoms with Gasteiger partial charge < -0.3 is 10.0 Å². The maximum atomic E-state index is 12.3. The Morgan fingerprint density at radius 3 is 2.60 bits per heavy atom. The van der Waals surface area contributed by atoms with E-state index in [4.69, 9.17) is 15.8 Å². The number of carbonyl (C=O) groups excluding carboxylic acids is 1. The summed E-state index contributed by atoms with van der Waals surface area (Å²) in [7, 11) is 1.35. The maximum Gasteiger partial charge on any atom is 0.261 e. The molecule has 1 N–H and O–H groups in total. The molecule has 20 heavy (non-hydrogen) atoms. The van der Waals surface area contributed by atoms with Crippen molar-refractivity contribution in [3.8, 4) is 0 Å². The van der Waals surface area contributed by atoms with Gasteiger partial charge in [-0.3, -0.25) is 4.79 Å². The van der Waals surface area contributed by atoms with Gasteiger partial charge in [-0.05, 0) is 18.2 Å². The third-order valence-corrected chi connectivity index (χ3v) is 4.20. The highest BCUT2D eigenvalue weighted by Crippen LogP contribution is 2.23. The predicted molar refractivity (Wildman–Crippen MR) is 80.4 cm³/mol. The maximum absolute atomic E-state index is 12.3. The zero-order valence-electron chi connectivity index (χ0n) is 10.4. The van der Waals surface area contributed by atoms with Crippen molar-refractivity contribution in [3.05, 3.63) is 40.9 Å². The van der Waals surface area contributed by atoms with Crippen LogP contribution >= 0.6 is 26.6 Å². The minimum atomic E-state index is -3.93. The summed E-state index contributed by atoms with van der Waals surface area (Å²) in [6, 6.07) is 3.99. The molecule has 0 spiro atoms. The summed E-state index contributed by atoms with van der Waals surface area (Å²) >= 11 is 3.14. The summed E-state index contributed by atoms with van der Waals surface area (Å²) in [4.78, 5) is 13.4. The lowest BCUT2D eigenvalue weighted by molar-refractivity contribution is 0.0742. The summed E-state index contributed by atoms with van der Waals surface area (Å²) in [5.41, 5.74) is 0.161. The van der Waals surface area contributed by atoms with Gasteiger partial charge in [0.25, 0.3) is 15.0 Å². The lowest BCUT2D eigenvalue weighted by atomic mass is 10.2. The molecule has 1 aromatic carbocycles. The van der Waals surface area contributed by atoms with Crippen LogP contribution in [-0.4, -0.2) is 44.0 Å². The molecule has 1 amide bonds. The van der Waals surface area contributed by atoms with Crippen molar-refractivity contribution in [2.24, 2.45) is 0 Å². The number of carbonyl (C=O) groups is 1. The average molecular weight is 383 g/mol. The molecule has 8 heteroatoms. The molecular weight excluding hydrogens is 370 g/mol. The van der Waals surface area contributed by atoms with E-state index >= 15 is 0 Å². The highest BCUT2D eigenvalue weighted by Gasteiger charge is 2.18. The van der Waals surface area contributed by atoms with Crippen LogP contribution in [0.5, 0.6) is 0 Å². The summed E-state index contributed by atoms with van der Waals surface area (Å²) in [6.07, 6.45) is 1.52. The van der Waals surface area contributed by atoms with E-state index in [1.165, 1.54) is 29.2 Å². The third-order valence-electron chi connectivity index (χ3n) is 2.41. The predicted octanol–water partition coefficient (Wildman–Crippen LogP) is 2.00. The Kier molecular flexibility index (Phi) is 6.19. The van der Waals surface area contributed by atoms with Crippen LogP contribution in [0.2, 0.25) is 0 Å². The van der Waals surface area contributed by atoms with Crippen molar-refractivity contribution in [3.63, 3.8) is 0 Å². The zero-order valence-corrected chi connectivity index (χ0v) is 13.6. The van der Waals surface area contributed by atoms with Gasteiger partial charge in [-0.15, -0.1) is 6.58 Å². The Balaban J connectivity index is 3.21. The normalized spacial score (nSPS) is 11.2. The first-order chi connectivity index (χ1) is 9.29. The lowest BCUT2D eigenvalue weighted by Gasteiger charge is -2.20. The molecular formula is C12H13BrClNO4S. The van der Waals surface area contributed by atoms with Gasteiger partial charge in [0, 0.05) is 33.8 Å². The van der Waals surface area contributed by atoms with Crippen LogP contribution in [0, 0.1) is 0 Å². The Labute approximate surface area is 130 Å². The SMILES string of the molecule is C=CCN(CCO)C(=O)c1cc(Br)cc(S(=O)(=O)Cl)c1. The Morgan fingerprint density at radius 2 is 2.10 bits per heavy atom. The summed E-state index contributed by atoms with van der Waals surface area (Å²) in [5.74, 6) is -0.415. The second kappa shape index (κ2) is 7.21. The first kappa shape index (κ1) is 17.2. The van der Waals surface area contributed by atoms with Crippen LogP contribution in [0.1, 0.15) is 10.4 Å². The van der Waals surface area contributed by atoms with Crippen LogP contribution in [0.15, 0.2) is 40.2 Å². The largest absolute Gasteiger partial charge is 0.395 e. The average Bonchev–Trinajstić information content (AvgIpc) is 2.36. The molecule has 0 fully saturated rings. The molecule has 0 bridgehead atoms. The monoisotopic (exact) mass is 381 g/mol. The highest BCUT2D eigenvalue weighted by molar-refractivity contribution is 9.10. The molecule has 0 radical (unpaired) electrons. The third kappa shape index (κ3) is 4.59. The zero-order chi connectivity index (χ0) is 15.3. The van der Waals surface area contributed by atoms with Gasteiger partial charge in [-0.25, -0.2) is 8.42 Å². The summed E-state index contributed by atoms with van der Waals surface area (Å²) < 4.78 is 23.1.